The van der Waals surface area contributed by atoms with Crippen LogP contribution in [-0.4, -0.2) is 11.7 Å². The van der Waals surface area contributed by atoms with E-state index in [1.165, 1.54) is 18.2 Å². The van der Waals surface area contributed by atoms with Gasteiger partial charge >= 0.3 is 0 Å². The number of halogens is 3. The summed E-state index contributed by atoms with van der Waals surface area (Å²) >= 11 is 0.905. The molecule has 7 heteroatoms. The number of nitrogen functional groups attached to an aromatic ring is 1. The maximum Gasteiger partial charge on any atom is 0.234 e. The molecule has 0 aliphatic heterocycles. The fraction of sp³-hybridized carbons (Fsp3) is 0.0714. The Kier molecular flexibility index (Phi) is 4.74. The molecular formula is C14H11F3N2OS. The van der Waals surface area contributed by atoms with Gasteiger partial charge in [-0.25, -0.2) is 13.2 Å². The molecular weight excluding hydrogens is 301 g/mol. The topological polar surface area (TPSA) is 55.1 Å². The van der Waals surface area contributed by atoms with Crippen molar-refractivity contribution in [1.82, 2.24) is 0 Å². The van der Waals surface area contributed by atoms with Crippen LogP contribution < -0.4 is 11.1 Å². The Morgan fingerprint density at radius 2 is 1.76 bits per heavy atom. The number of carbonyl (C=O) groups excluding carboxylic acids is 1. The minimum atomic E-state index is -0.738. The predicted molar refractivity (Wildman–Crippen MR) is 76.5 cm³/mol. The van der Waals surface area contributed by atoms with E-state index in [0.29, 0.717) is 0 Å². The summed E-state index contributed by atoms with van der Waals surface area (Å²) in [6.07, 6.45) is 0. The van der Waals surface area contributed by atoms with Crippen molar-refractivity contribution >= 4 is 29.0 Å². The second-order valence-electron chi connectivity index (χ2n) is 4.14. The number of amides is 1. The first-order valence-corrected chi connectivity index (χ1v) is 6.87. The van der Waals surface area contributed by atoms with Gasteiger partial charge in [0.2, 0.25) is 5.91 Å². The van der Waals surface area contributed by atoms with Crippen molar-refractivity contribution < 1.29 is 18.0 Å². The summed E-state index contributed by atoms with van der Waals surface area (Å²) in [4.78, 5) is 11.9. The van der Waals surface area contributed by atoms with E-state index < -0.39 is 23.4 Å². The zero-order valence-electron chi connectivity index (χ0n) is 10.7. The van der Waals surface area contributed by atoms with E-state index in [1.807, 2.05) is 0 Å². The van der Waals surface area contributed by atoms with Gasteiger partial charge in [0.25, 0.3) is 0 Å². The molecule has 2 aromatic carbocycles. The summed E-state index contributed by atoms with van der Waals surface area (Å²) in [6, 6.07) is 6.69. The number of hydrogen-bond donors (Lipinski definition) is 2. The molecule has 0 saturated carbocycles. The average molecular weight is 312 g/mol. The Morgan fingerprint density at radius 1 is 1.10 bits per heavy atom. The molecule has 0 unspecified atom stereocenters. The summed E-state index contributed by atoms with van der Waals surface area (Å²) in [5.41, 5.74) is 5.97. The Labute approximate surface area is 123 Å². The molecule has 3 N–H and O–H groups in total. The lowest BCUT2D eigenvalue weighted by atomic mass is 10.2. The van der Waals surface area contributed by atoms with Crippen molar-refractivity contribution in [2.45, 2.75) is 4.90 Å². The van der Waals surface area contributed by atoms with Gasteiger partial charge in [-0.3, -0.25) is 4.79 Å². The minimum Gasteiger partial charge on any atom is -0.397 e. The van der Waals surface area contributed by atoms with Gasteiger partial charge in [-0.15, -0.1) is 11.8 Å². The van der Waals surface area contributed by atoms with Crippen LogP contribution in [0.5, 0.6) is 0 Å². The van der Waals surface area contributed by atoms with Crippen LogP contribution >= 0.6 is 11.8 Å². The van der Waals surface area contributed by atoms with Crippen LogP contribution in [0.1, 0.15) is 0 Å². The highest BCUT2D eigenvalue weighted by Crippen LogP contribution is 2.23. The van der Waals surface area contributed by atoms with Gasteiger partial charge < -0.3 is 11.1 Å². The van der Waals surface area contributed by atoms with E-state index in [0.717, 1.165) is 30.0 Å². The molecule has 2 aromatic rings. The molecule has 1 amide bonds. The first-order chi connectivity index (χ1) is 9.95. The molecule has 0 spiro atoms. The molecule has 0 heterocycles. The molecule has 0 saturated heterocycles. The third-order valence-electron chi connectivity index (χ3n) is 2.54. The van der Waals surface area contributed by atoms with Gasteiger partial charge in [0, 0.05) is 11.0 Å². The Hall–Kier alpha value is -2.15. The SMILES string of the molecule is Nc1ccc(F)cc1NC(=O)CSc1ccc(F)cc1F. The molecule has 0 aliphatic rings. The third-order valence-corrected chi connectivity index (χ3v) is 3.59. The van der Waals surface area contributed by atoms with E-state index in [4.69, 9.17) is 5.73 Å². The first-order valence-electron chi connectivity index (χ1n) is 5.88. The van der Waals surface area contributed by atoms with Gasteiger partial charge in [0.05, 0.1) is 17.1 Å². The lowest BCUT2D eigenvalue weighted by molar-refractivity contribution is -0.113. The maximum absolute atomic E-state index is 13.4. The standard InChI is InChI=1S/C14H11F3N2OS/c15-8-2-4-13(10(17)5-8)21-7-14(20)19-12-6-9(16)1-3-11(12)18/h1-6H,7,18H2,(H,19,20). The fourth-order valence-electron chi connectivity index (χ4n) is 1.56. The van der Waals surface area contributed by atoms with Gasteiger partial charge in [-0.05, 0) is 30.3 Å². The Balaban J connectivity index is 1.97. The number of carbonyl (C=O) groups is 1. The number of anilines is 2. The average Bonchev–Trinajstić information content (AvgIpc) is 2.42. The van der Waals surface area contributed by atoms with E-state index in [1.54, 1.807) is 0 Å². The molecule has 0 radical (unpaired) electrons. The number of nitrogens with two attached hydrogens (primary N) is 1. The molecule has 0 bridgehead atoms. The number of benzene rings is 2. The van der Waals surface area contributed by atoms with Crippen LogP contribution in [0.25, 0.3) is 0 Å². The summed E-state index contributed by atoms with van der Waals surface area (Å²) in [5, 5.41) is 2.43. The molecule has 2 rings (SSSR count). The largest absolute Gasteiger partial charge is 0.397 e. The lowest BCUT2D eigenvalue weighted by Gasteiger charge is -2.08. The number of nitrogens with one attached hydrogen (secondary N) is 1. The molecule has 110 valence electrons. The highest BCUT2D eigenvalue weighted by Gasteiger charge is 2.10. The molecule has 0 fully saturated rings. The van der Waals surface area contributed by atoms with Gasteiger partial charge in [0.1, 0.15) is 17.5 Å². The fourth-order valence-corrected chi connectivity index (χ4v) is 2.28. The molecule has 0 aliphatic carbocycles. The van der Waals surface area contributed by atoms with Crippen LogP contribution in [0.15, 0.2) is 41.3 Å². The number of rotatable bonds is 4. The van der Waals surface area contributed by atoms with Gasteiger partial charge in [-0.1, -0.05) is 0 Å². The van der Waals surface area contributed by atoms with E-state index in [9.17, 15) is 18.0 Å². The van der Waals surface area contributed by atoms with Crippen LogP contribution in [0, 0.1) is 17.5 Å². The second-order valence-corrected chi connectivity index (χ2v) is 5.16. The number of hydrogen-bond acceptors (Lipinski definition) is 3. The zero-order chi connectivity index (χ0) is 15.4. The third kappa shape index (κ3) is 4.16. The first kappa shape index (κ1) is 15.2. The maximum atomic E-state index is 13.4. The lowest BCUT2D eigenvalue weighted by Crippen LogP contribution is -2.15. The zero-order valence-corrected chi connectivity index (χ0v) is 11.5. The molecule has 0 atom stereocenters. The summed E-state index contributed by atoms with van der Waals surface area (Å²) in [6.45, 7) is 0. The van der Waals surface area contributed by atoms with Crippen molar-refractivity contribution in [1.29, 1.82) is 0 Å². The van der Waals surface area contributed by atoms with Crippen LogP contribution in [0.3, 0.4) is 0 Å². The van der Waals surface area contributed by atoms with Crippen LogP contribution in [0.2, 0.25) is 0 Å². The van der Waals surface area contributed by atoms with Crippen molar-refractivity contribution in [2.24, 2.45) is 0 Å². The van der Waals surface area contributed by atoms with E-state index in [2.05, 4.69) is 5.32 Å². The van der Waals surface area contributed by atoms with E-state index >= 15 is 0 Å². The highest BCUT2D eigenvalue weighted by atomic mass is 32.2. The Bertz CT molecular complexity index is 679. The van der Waals surface area contributed by atoms with Crippen LogP contribution in [-0.2, 0) is 4.79 Å². The second kappa shape index (κ2) is 6.53. The monoisotopic (exact) mass is 312 g/mol. The van der Waals surface area contributed by atoms with Crippen LogP contribution in [0.4, 0.5) is 24.5 Å². The van der Waals surface area contributed by atoms with Crippen molar-refractivity contribution in [3.8, 4) is 0 Å². The van der Waals surface area contributed by atoms with Gasteiger partial charge in [0.15, 0.2) is 0 Å². The van der Waals surface area contributed by atoms with Crippen molar-refractivity contribution in [3.63, 3.8) is 0 Å². The van der Waals surface area contributed by atoms with Crippen molar-refractivity contribution in [2.75, 3.05) is 16.8 Å². The normalized spacial score (nSPS) is 10.4. The number of thioether (sulfide) groups is 1. The molecule has 0 aromatic heterocycles. The van der Waals surface area contributed by atoms with Gasteiger partial charge in [-0.2, -0.15) is 0 Å². The minimum absolute atomic E-state index is 0.113. The quantitative estimate of drug-likeness (QED) is 0.672. The smallest absolute Gasteiger partial charge is 0.234 e. The van der Waals surface area contributed by atoms with Crippen molar-refractivity contribution in [3.05, 3.63) is 53.8 Å². The predicted octanol–water partition coefficient (Wildman–Crippen LogP) is 3.42. The molecule has 21 heavy (non-hydrogen) atoms. The highest BCUT2D eigenvalue weighted by molar-refractivity contribution is 8.00. The van der Waals surface area contributed by atoms with E-state index in [-0.39, 0.29) is 22.0 Å². The summed E-state index contributed by atoms with van der Waals surface area (Å²) in [5.74, 6) is -2.54. The summed E-state index contributed by atoms with van der Waals surface area (Å²) in [7, 11) is 0. The summed E-state index contributed by atoms with van der Waals surface area (Å²) < 4.78 is 39.2. The molecule has 3 nitrogen and oxygen atoms in total. The Morgan fingerprint density at radius 3 is 2.48 bits per heavy atom.